The zero-order valence-corrected chi connectivity index (χ0v) is 20.3. The maximum absolute atomic E-state index is 12.7. The van der Waals surface area contributed by atoms with Gasteiger partial charge in [0.25, 0.3) is 0 Å². The van der Waals surface area contributed by atoms with Gasteiger partial charge < -0.3 is 15.1 Å². The third kappa shape index (κ3) is 3.89. The van der Waals surface area contributed by atoms with Gasteiger partial charge in [0, 0.05) is 6.42 Å². The highest BCUT2D eigenvalue weighted by molar-refractivity contribution is 5.92. The molecule has 0 amide bonds. The lowest BCUT2D eigenvalue weighted by atomic mass is 9.44. The van der Waals surface area contributed by atoms with E-state index in [9.17, 15) is 19.8 Å². The molecular formula is C25H40ClNO4. The van der Waals surface area contributed by atoms with Gasteiger partial charge >= 0.3 is 5.97 Å². The van der Waals surface area contributed by atoms with Crippen LogP contribution in [-0.2, 0) is 9.59 Å². The Kier molecular flexibility index (Phi) is 7.01. The van der Waals surface area contributed by atoms with Crippen molar-refractivity contribution >= 4 is 24.2 Å². The first kappa shape index (κ1) is 24.7. The van der Waals surface area contributed by atoms with Crippen molar-refractivity contribution in [1.82, 2.24) is 4.90 Å². The molecule has 4 aliphatic carbocycles. The fourth-order valence-corrected chi connectivity index (χ4v) is 8.11. The molecule has 3 fully saturated rings. The van der Waals surface area contributed by atoms with Gasteiger partial charge in [-0.1, -0.05) is 19.4 Å². The smallest absolute Gasteiger partial charge is 0.306 e. The van der Waals surface area contributed by atoms with E-state index in [-0.39, 0.29) is 41.0 Å². The highest BCUT2D eigenvalue weighted by atomic mass is 35.5. The van der Waals surface area contributed by atoms with Crippen molar-refractivity contribution in [2.45, 2.75) is 71.3 Å². The summed E-state index contributed by atoms with van der Waals surface area (Å²) in [5.41, 5.74) is 1.000. The summed E-state index contributed by atoms with van der Waals surface area (Å²) < 4.78 is 0. The number of fused-ring (bicyclic) bond motifs is 5. The summed E-state index contributed by atoms with van der Waals surface area (Å²) in [5, 5.41) is 20.9. The van der Waals surface area contributed by atoms with E-state index in [1.54, 1.807) is 0 Å². The first-order valence-electron chi connectivity index (χ1n) is 11.9. The highest BCUT2D eigenvalue weighted by Gasteiger charge is 2.61. The summed E-state index contributed by atoms with van der Waals surface area (Å²) in [6, 6.07) is 0. The monoisotopic (exact) mass is 453 g/mol. The molecule has 4 rings (SSSR count). The Labute approximate surface area is 193 Å². The lowest BCUT2D eigenvalue weighted by Crippen LogP contribution is -2.55. The van der Waals surface area contributed by atoms with E-state index in [1.165, 1.54) is 5.57 Å². The second-order valence-corrected chi connectivity index (χ2v) is 11.3. The van der Waals surface area contributed by atoms with Gasteiger partial charge in [-0.2, -0.15) is 0 Å². The normalized spacial score (nSPS) is 42.7. The molecule has 0 aromatic heterocycles. The lowest BCUT2D eigenvalue weighted by Gasteiger charge is -2.60. The minimum absolute atomic E-state index is 0. The molecule has 0 bridgehead atoms. The largest absolute Gasteiger partial charge is 0.481 e. The lowest BCUT2D eigenvalue weighted by molar-refractivity contribution is -0.151. The number of carboxylic acids is 1. The molecule has 2 N–H and O–H groups in total. The van der Waals surface area contributed by atoms with Gasteiger partial charge in [0.2, 0.25) is 0 Å². The van der Waals surface area contributed by atoms with Crippen molar-refractivity contribution in [1.29, 1.82) is 0 Å². The van der Waals surface area contributed by atoms with E-state index in [0.717, 1.165) is 45.1 Å². The van der Waals surface area contributed by atoms with Crippen LogP contribution >= 0.6 is 12.4 Å². The molecule has 31 heavy (non-hydrogen) atoms. The minimum atomic E-state index is -0.754. The Morgan fingerprint density at radius 1 is 1.19 bits per heavy atom. The van der Waals surface area contributed by atoms with Crippen LogP contribution in [0.1, 0.15) is 65.2 Å². The van der Waals surface area contributed by atoms with Gasteiger partial charge in [-0.3, -0.25) is 9.59 Å². The summed E-state index contributed by atoms with van der Waals surface area (Å²) in [6.45, 7) is 5.28. The number of aliphatic carboxylic acids is 1. The molecule has 6 heteroatoms. The Hall–Kier alpha value is -0.910. The summed E-state index contributed by atoms with van der Waals surface area (Å²) in [4.78, 5) is 27.1. The number of nitrogens with zero attached hydrogens (tertiary/aromatic N) is 1. The first-order chi connectivity index (χ1) is 14.1. The van der Waals surface area contributed by atoms with Gasteiger partial charge in [0.1, 0.15) is 0 Å². The molecule has 0 spiro atoms. The molecule has 3 saturated carbocycles. The number of carbonyl (C=O) groups is 2. The summed E-state index contributed by atoms with van der Waals surface area (Å²) in [5.74, 6) is 0.197. The van der Waals surface area contributed by atoms with Crippen LogP contribution in [0.2, 0.25) is 0 Å². The zero-order chi connectivity index (χ0) is 21.8. The number of ketones is 1. The van der Waals surface area contributed by atoms with E-state index in [4.69, 9.17) is 0 Å². The molecule has 176 valence electrons. The van der Waals surface area contributed by atoms with E-state index in [2.05, 4.69) is 13.8 Å². The second-order valence-electron chi connectivity index (χ2n) is 11.3. The molecule has 4 aliphatic rings. The average Bonchev–Trinajstić information content (AvgIpc) is 2.97. The van der Waals surface area contributed by atoms with Gasteiger partial charge in [-0.05, 0) is 106 Å². The molecule has 2 unspecified atom stereocenters. The van der Waals surface area contributed by atoms with Crippen molar-refractivity contribution in [2.24, 2.45) is 40.4 Å². The van der Waals surface area contributed by atoms with Crippen LogP contribution in [0, 0.1) is 40.4 Å². The number of aliphatic hydroxyl groups is 1. The van der Waals surface area contributed by atoms with Crippen LogP contribution in [0.25, 0.3) is 0 Å². The molecule has 0 aliphatic heterocycles. The van der Waals surface area contributed by atoms with Crippen molar-refractivity contribution in [3.8, 4) is 0 Å². The van der Waals surface area contributed by atoms with Crippen molar-refractivity contribution < 1.29 is 19.8 Å². The molecule has 0 aromatic carbocycles. The molecule has 0 radical (unpaired) electrons. The second kappa shape index (κ2) is 8.79. The SMILES string of the molecule is CN(C)CCC(C(=O)O)C1CC(=O)C=C2CC[C@H]3[C@@H]4CC[C@H](O)[C@@]4(C)CC[C@@H]3[C@]21C.Cl. The zero-order valence-electron chi connectivity index (χ0n) is 19.5. The van der Waals surface area contributed by atoms with E-state index in [0.29, 0.717) is 30.6 Å². The standard InChI is InChI=1S/C25H39NO4.ClH/c1-24-11-9-20-17(19(24)7-8-22(24)28)6-5-15-13-16(27)14-21(25(15,20)2)18(23(29)30)10-12-26(3)4;/h13,17-22,28H,5-12,14H2,1-4H3,(H,29,30);1H/t17-,18?,19-,20-,21?,22-,24-,25-;/m0./s1. The Morgan fingerprint density at radius 2 is 1.90 bits per heavy atom. The van der Waals surface area contributed by atoms with Gasteiger partial charge in [0.05, 0.1) is 12.0 Å². The van der Waals surface area contributed by atoms with Crippen molar-refractivity contribution in [2.75, 3.05) is 20.6 Å². The van der Waals surface area contributed by atoms with E-state index >= 15 is 0 Å². The molecular weight excluding hydrogens is 414 g/mol. The summed E-state index contributed by atoms with van der Waals surface area (Å²) >= 11 is 0. The van der Waals surface area contributed by atoms with Crippen molar-refractivity contribution in [3.05, 3.63) is 11.6 Å². The fourth-order valence-electron chi connectivity index (χ4n) is 8.11. The van der Waals surface area contributed by atoms with Crippen LogP contribution in [0.3, 0.4) is 0 Å². The predicted molar refractivity (Wildman–Crippen MR) is 123 cm³/mol. The number of allylic oxidation sites excluding steroid dienone is 1. The number of aliphatic hydroxyl groups excluding tert-OH is 1. The number of rotatable bonds is 5. The highest BCUT2D eigenvalue weighted by Crippen LogP contribution is 2.67. The quantitative estimate of drug-likeness (QED) is 0.652. The predicted octanol–water partition coefficient (Wildman–Crippen LogP) is 4.18. The fraction of sp³-hybridized carbons (Fsp3) is 0.840. The van der Waals surface area contributed by atoms with Crippen LogP contribution in [0.5, 0.6) is 0 Å². The van der Waals surface area contributed by atoms with Crippen LogP contribution < -0.4 is 0 Å². The Balaban J connectivity index is 0.00000272. The maximum Gasteiger partial charge on any atom is 0.306 e. The maximum atomic E-state index is 12.7. The number of halogens is 1. The minimum Gasteiger partial charge on any atom is -0.481 e. The van der Waals surface area contributed by atoms with E-state index in [1.807, 2.05) is 25.1 Å². The van der Waals surface area contributed by atoms with Crippen molar-refractivity contribution in [3.63, 3.8) is 0 Å². The average molecular weight is 454 g/mol. The third-order valence-corrected chi connectivity index (χ3v) is 9.81. The molecule has 0 heterocycles. The topological polar surface area (TPSA) is 77.8 Å². The molecule has 0 saturated heterocycles. The number of carbonyl (C=O) groups excluding carboxylic acids is 1. The summed E-state index contributed by atoms with van der Waals surface area (Å²) in [7, 11) is 3.95. The summed E-state index contributed by atoms with van der Waals surface area (Å²) in [6.07, 6.45) is 8.62. The van der Waals surface area contributed by atoms with Crippen LogP contribution in [0.15, 0.2) is 11.6 Å². The van der Waals surface area contributed by atoms with Gasteiger partial charge in [-0.25, -0.2) is 0 Å². The van der Waals surface area contributed by atoms with Gasteiger partial charge in [0.15, 0.2) is 5.78 Å². The molecule has 8 atom stereocenters. The number of hydrogen-bond acceptors (Lipinski definition) is 4. The Morgan fingerprint density at radius 3 is 2.55 bits per heavy atom. The molecule has 0 aromatic rings. The van der Waals surface area contributed by atoms with Crippen LogP contribution in [-0.4, -0.2) is 53.6 Å². The Bertz CT molecular complexity index is 752. The number of hydrogen-bond donors (Lipinski definition) is 2. The third-order valence-electron chi connectivity index (χ3n) is 9.81. The number of carboxylic acid groups (broad SMARTS) is 1. The van der Waals surface area contributed by atoms with Crippen LogP contribution in [0.4, 0.5) is 0 Å². The first-order valence-corrected chi connectivity index (χ1v) is 11.9. The van der Waals surface area contributed by atoms with Gasteiger partial charge in [-0.15, -0.1) is 12.4 Å². The molecule has 5 nitrogen and oxygen atoms in total. The van der Waals surface area contributed by atoms with E-state index < -0.39 is 11.9 Å².